The minimum Gasteiger partial charge on any atom is -0.392 e. The third kappa shape index (κ3) is 8.00. The van der Waals surface area contributed by atoms with Gasteiger partial charge in [-0.05, 0) is 54.8 Å². The molecule has 0 saturated carbocycles. The third-order valence-corrected chi connectivity index (χ3v) is 7.39. The summed E-state index contributed by atoms with van der Waals surface area (Å²) in [6.45, 7) is 2.11. The molecule has 4 atom stereocenters. The van der Waals surface area contributed by atoms with Crippen molar-refractivity contribution < 1.29 is 14.7 Å². The summed E-state index contributed by atoms with van der Waals surface area (Å²) >= 11 is 0. The van der Waals surface area contributed by atoms with E-state index in [9.17, 15) is 14.7 Å². The number of nitrogens with two attached hydrogens (primary N) is 4. The van der Waals surface area contributed by atoms with Gasteiger partial charge in [0, 0.05) is 67.3 Å². The zero-order valence-corrected chi connectivity index (χ0v) is 23.9. The van der Waals surface area contributed by atoms with Crippen LogP contribution in [-0.4, -0.2) is 82.1 Å². The molecule has 14 nitrogen and oxygen atoms in total. The first-order valence-corrected chi connectivity index (χ1v) is 14.3. The van der Waals surface area contributed by atoms with Gasteiger partial charge in [-0.3, -0.25) is 9.59 Å². The average molecular weight is 590 g/mol. The lowest BCUT2D eigenvalue weighted by molar-refractivity contribution is -0.115. The second-order valence-corrected chi connectivity index (χ2v) is 11.3. The molecule has 11 N–H and O–H groups in total. The molecule has 3 aromatic rings. The van der Waals surface area contributed by atoms with Crippen molar-refractivity contribution in [1.82, 2.24) is 15.0 Å². The highest BCUT2D eigenvalue weighted by molar-refractivity contribution is 6.11. The maximum absolute atomic E-state index is 12.8. The molecule has 43 heavy (non-hydrogen) atoms. The molecule has 5 rings (SSSR count). The van der Waals surface area contributed by atoms with Crippen LogP contribution in [-0.2, 0) is 11.4 Å². The Morgan fingerprint density at radius 2 is 1.35 bits per heavy atom. The molecule has 0 aliphatic carbocycles. The van der Waals surface area contributed by atoms with E-state index in [1.165, 1.54) is 0 Å². The highest BCUT2D eigenvalue weighted by Gasteiger charge is 2.29. The summed E-state index contributed by atoms with van der Waals surface area (Å²) < 4.78 is 0. The molecule has 0 bridgehead atoms. The Bertz CT molecular complexity index is 1370. The normalized spacial score (nSPS) is 22.3. The van der Waals surface area contributed by atoms with E-state index in [-0.39, 0.29) is 43.0 Å². The topological polar surface area (TPSA) is 228 Å². The van der Waals surface area contributed by atoms with E-state index in [2.05, 4.69) is 20.6 Å². The Hall–Kier alpha value is -4.21. The summed E-state index contributed by atoms with van der Waals surface area (Å²) in [5.74, 6) is 0.440. The zero-order valence-electron chi connectivity index (χ0n) is 23.9. The van der Waals surface area contributed by atoms with Crippen LogP contribution in [0.4, 0.5) is 29.2 Å². The number of nitrogens with zero attached hydrogens (tertiary/aromatic N) is 5. The number of carbonyl (C=O) groups excluding carboxylic acids is 2. The molecule has 3 heterocycles. The van der Waals surface area contributed by atoms with Crippen molar-refractivity contribution in [2.24, 2.45) is 22.9 Å². The minimum absolute atomic E-state index is 0.102. The quantitative estimate of drug-likeness (QED) is 0.129. The summed E-state index contributed by atoms with van der Waals surface area (Å²) in [7, 11) is 0. The van der Waals surface area contributed by atoms with Crippen LogP contribution in [0.15, 0.2) is 48.5 Å². The number of benzene rings is 2. The molecular formula is C29H39N11O3. The van der Waals surface area contributed by atoms with E-state index < -0.39 is 5.91 Å². The largest absolute Gasteiger partial charge is 0.392 e. The number of aliphatic hydroxyl groups excluding tert-OH is 1. The number of hydrogen-bond acceptors (Lipinski definition) is 13. The number of amides is 1. The Kier molecular flexibility index (Phi) is 9.43. The first-order chi connectivity index (χ1) is 20.6. The number of anilines is 5. The minimum atomic E-state index is -0.443. The van der Waals surface area contributed by atoms with Crippen LogP contribution in [0.5, 0.6) is 0 Å². The van der Waals surface area contributed by atoms with E-state index in [4.69, 9.17) is 27.9 Å². The highest BCUT2D eigenvalue weighted by Crippen LogP contribution is 2.24. The van der Waals surface area contributed by atoms with Gasteiger partial charge in [-0.15, -0.1) is 0 Å². The van der Waals surface area contributed by atoms with Crippen LogP contribution < -0.4 is 43.4 Å². The van der Waals surface area contributed by atoms with Gasteiger partial charge in [0.05, 0.1) is 13.0 Å². The Labute approximate surface area is 249 Å². The molecule has 14 heteroatoms. The van der Waals surface area contributed by atoms with Gasteiger partial charge in [-0.2, -0.15) is 15.0 Å². The molecular weight excluding hydrogens is 550 g/mol. The fourth-order valence-electron chi connectivity index (χ4n) is 5.45. The molecule has 2 aromatic carbocycles. The van der Waals surface area contributed by atoms with Gasteiger partial charge in [0.15, 0.2) is 5.78 Å². The van der Waals surface area contributed by atoms with Crippen molar-refractivity contribution in [1.29, 1.82) is 0 Å². The fourth-order valence-corrected chi connectivity index (χ4v) is 5.45. The predicted molar refractivity (Wildman–Crippen MR) is 165 cm³/mol. The van der Waals surface area contributed by atoms with Crippen LogP contribution >= 0.6 is 0 Å². The number of ketones is 1. The molecule has 228 valence electrons. The zero-order chi connectivity index (χ0) is 30.5. The van der Waals surface area contributed by atoms with Gasteiger partial charge in [0.25, 0.3) is 0 Å². The molecule has 2 saturated heterocycles. The number of piperidine rings is 2. The molecule has 0 radical (unpaired) electrons. The van der Waals surface area contributed by atoms with Crippen LogP contribution in [0, 0.1) is 0 Å². The molecule has 0 spiro atoms. The standard InChI is InChI=1S/C29H39N11O3/c30-19-9-20(31)13-39(12-19)28-36-27(37-29(38-28)40-14-21(32)10-22(33)15-40)35-23-6-4-18(5-7-23)25(42)11-26(43)34-24-3-1-2-17(8-24)16-41/h1-8,19-22,41H,9-16,30-33H2,(H,34,43)(H,35,36,37,38)/t19-,20+,21-,22+. The summed E-state index contributed by atoms with van der Waals surface area (Å²) in [5.41, 5.74) is 27.2. The number of nitrogens with one attached hydrogen (secondary N) is 2. The third-order valence-electron chi connectivity index (χ3n) is 7.39. The van der Waals surface area contributed by atoms with Crippen molar-refractivity contribution in [3.05, 3.63) is 59.7 Å². The van der Waals surface area contributed by atoms with Crippen molar-refractivity contribution in [3.8, 4) is 0 Å². The molecule has 0 unspecified atom stereocenters. The molecule has 1 amide bonds. The number of rotatable bonds is 9. The lowest BCUT2D eigenvalue weighted by Crippen LogP contribution is -2.54. The summed E-state index contributed by atoms with van der Waals surface area (Å²) in [6, 6.07) is 13.1. The Morgan fingerprint density at radius 3 is 1.88 bits per heavy atom. The Morgan fingerprint density at radius 1 is 0.791 bits per heavy atom. The van der Waals surface area contributed by atoms with E-state index in [1.54, 1.807) is 48.5 Å². The number of aromatic nitrogens is 3. The van der Waals surface area contributed by atoms with Gasteiger partial charge < -0.3 is 48.5 Å². The van der Waals surface area contributed by atoms with Gasteiger partial charge in [0.1, 0.15) is 0 Å². The highest BCUT2D eigenvalue weighted by atomic mass is 16.3. The van der Waals surface area contributed by atoms with Crippen molar-refractivity contribution >= 4 is 40.9 Å². The number of carbonyl (C=O) groups is 2. The van der Waals surface area contributed by atoms with E-state index in [1.807, 2.05) is 9.80 Å². The molecule has 2 aliphatic heterocycles. The lowest BCUT2D eigenvalue weighted by atomic mass is 10.0. The SMILES string of the molecule is N[C@@H]1C[C@H](N)CN(c2nc(Nc3ccc(C(=O)CC(=O)Nc4cccc(CO)c4)cc3)nc(N3C[C@H](N)C[C@H](N)C3)n2)C1. The number of aliphatic hydroxyl groups is 1. The smallest absolute Gasteiger partial charge is 0.233 e. The lowest BCUT2D eigenvalue weighted by Gasteiger charge is -2.37. The van der Waals surface area contributed by atoms with E-state index >= 15 is 0 Å². The van der Waals surface area contributed by atoms with Crippen LogP contribution in [0.25, 0.3) is 0 Å². The van der Waals surface area contributed by atoms with Gasteiger partial charge in [-0.25, -0.2) is 0 Å². The number of Topliss-reactive ketones (excluding diaryl/α,β-unsaturated/α-hetero) is 1. The predicted octanol–water partition coefficient (Wildman–Crippen LogP) is 0.0484. The number of hydrogen-bond donors (Lipinski definition) is 7. The summed E-state index contributed by atoms with van der Waals surface area (Å²) in [5, 5.41) is 15.2. The van der Waals surface area contributed by atoms with Gasteiger partial charge in [0.2, 0.25) is 23.8 Å². The van der Waals surface area contributed by atoms with Gasteiger partial charge >= 0.3 is 0 Å². The maximum atomic E-state index is 12.8. The van der Waals surface area contributed by atoms with Crippen LogP contribution in [0.1, 0.15) is 35.2 Å². The van der Waals surface area contributed by atoms with E-state index in [0.717, 1.165) is 12.8 Å². The average Bonchev–Trinajstić information content (AvgIpc) is 2.96. The maximum Gasteiger partial charge on any atom is 0.233 e. The second kappa shape index (κ2) is 13.4. The summed E-state index contributed by atoms with van der Waals surface area (Å²) in [4.78, 5) is 43.2. The monoisotopic (exact) mass is 589 g/mol. The van der Waals surface area contributed by atoms with Crippen molar-refractivity contribution in [2.75, 3.05) is 46.6 Å². The summed E-state index contributed by atoms with van der Waals surface area (Å²) in [6.07, 6.45) is 1.12. The van der Waals surface area contributed by atoms with Crippen molar-refractivity contribution in [3.63, 3.8) is 0 Å². The van der Waals surface area contributed by atoms with Crippen LogP contribution in [0.2, 0.25) is 0 Å². The van der Waals surface area contributed by atoms with E-state index in [0.29, 0.717) is 66.5 Å². The first-order valence-electron chi connectivity index (χ1n) is 14.3. The first kappa shape index (κ1) is 30.3. The fraction of sp³-hybridized carbons (Fsp3) is 0.414. The molecule has 2 aliphatic rings. The Balaban J connectivity index is 1.30. The second-order valence-electron chi connectivity index (χ2n) is 11.3. The van der Waals surface area contributed by atoms with Crippen LogP contribution in [0.3, 0.4) is 0 Å². The van der Waals surface area contributed by atoms with Crippen molar-refractivity contribution in [2.45, 2.75) is 50.0 Å². The molecule has 1 aromatic heterocycles. The molecule has 2 fully saturated rings. The van der Waals surface area contributed by atoms with Gasteiger partial charge in [-0.1, -0.05) is 12.1 Å².